The summed E-state index contributed by atoms with van der Waals surface area (Å²) >= 11 is 0. The van der Waals surface area contributed by atoms with E-state index in [1.54, 1.807) is 31.3 Å². The average molecular weight is 332 g/mol. The number of hydrogen-bond acceptors (Lipinski definition) is 5. The Morgan fingerprint density at radius 3 is 2.78 bits per heavy atom. The Morgan fingerprint density at radius 2 is 2.04 bits per heavy atom. The van der Waals surface area contributed by atoms with Gasteiger partial charge in [0.2, 0.25) is 0 Å². The Hall–Kier alpha value is -2.94. The molecule has 3 aromatic rings. The summed E-state index contributed by atoms with van der Waals surface area (Å²) in [7, 11) is -3.97. The SMILES string of the molecule is Cc1ccc([N+](=O)[O-])cc1S(=O)(=O)Nc1cccc2cn[nH]c12. The lowest BCUT2D eigenvalue weighted by Crippen LogP contribution is -2.14. The number of fused-ring (bicyclic) bond motifs is 1. The van der Waals surface area contributed by atoms with Crippen molar-refractivity contribution >= 4 is 32.3 Å². The van der Waals surface area contributed by atoms with Crippen LogP contribution >= 0.6 is 0 Å². The summed E-state index contributed by atoms with van der Waals surface area (Å²) in [6.07, 6.45) is 1.58. The Bertz CT molecular complexity index is 1010. The number of nitrogens with zero attached hydrogens (tertiary/aromatic N) is 2. The number of sulfonamides is 1. The molecular weight excluding hydrogens is 320 g/mol. The first kappa shape index (κ1) is 15.0. The maximum Gasteiger partial charge on any atom is 0.270 e. The Balaban J connectivity index is 2.07. The van der Waals surface area contributed by atoms with E-state index in [-0.39, 0.29) is 10.6 Å². The van der Waals surface area contributed by atoms with Gasteiger partial charge in [0, 0.05) is 17.5 Å². The van der Waals surface area contributed by atoms with Gasteiger partial charge in [-0.15, -0.1) is 0 Å². The van der Waals surface area contributed by atoms with Crippen molar-refractivity contribution in [3.63, 3.8) is 0 Å². The maximum absolute atomic E-state index is 12.6. The minimum absolute atomic E-state index is 0.136. The number of aromatic amines is 1. The van der Waals surface area contributed by atoms with E-state index in [4.69, 9.17) is 0 Å². The summed E-state index contributed by atoms with van der Waals surface area (Å²) in [5, 5.41) is 18.2. The highest BCUT2D eigenvalue weighted by atomic mass is 32.2. The van der Waals surface area contributed by atoms with Crippen LogP contribution in [0.3, 0.4) is 0 Å². The molecule has 0 spiro atoms. The van der Waals surface area contributed by atoms with Crippen LogP contribution in [0.15, 0.2) is 47.5 Å². The molecule has 0 bridgehead atoms. The normalized spacial score (nSPS) is 11.5. The van der Waals surface area contributed by atoms with E-state index in [9.17, 15) is 18.5 Å². The number of anilines is 1. The number of aromatic nitrogens is 2. The summed E-state index contributed by atoms with van der Waals surface area (Å²) in [5.41, 5.74) is 1.00. The zero-order chi connectivity index (χ0) is 16.6. The van der Waals surface area contributed by atoms with Crippen molar-refractivity contribution in [1.29, 1.82) is 0 Å². The van der Waals surface area contributed by atoms with E-state index in [1.807, 2.05) is 0 Å². The highest BCUT2D eigenvalue weighted by molar-refractivity contribution is 7.92. The number of H-pyrrole nitrogens is 1. The topological polar surface area (TPSA) is 118 Å². The number of hydrogen-bond donors (Lipinski definition) is 2. The molecule has 0 saturated heterocycles. The molecule has 1 heterocycles. The van der Waals surface area contributed by atoms with Gasteiger partial charge in [0.05, 0.1) is 27.2 Å². The molecule has 0 unspecified atom stereocenters. The summed E-state index contributed by atoms with van der Waals surface area (Å²) in [6.45, 7) is 1.58. The molecule has 23 heavy (non-hydrogen) atoms. The van der Waals surface area contributed by atoms with Crippen LogP contribution in [0.4, 0.5) is 11.4 Å². The number of non-ortho nitro benzene ring substituents is 1. The number of rotatable bonds is 4. The first-order valence-electron chi connectivity index (χ1n) is 6.58. The van der Waals surface area contributed by atoms with Crippen molar-refractivity contribution in [3.8, 4) is 0 Å². The molecular formula is C14H12N4O4S. The molecule has 0 atom stereocenters. The van der Waals surface area contributed by atoms with E-state index in [0.717, 1.165) is 11.5 Å². The second-order valence-corrected chi connectivity index (χ2v) is 6.60. The van der Waals surface area contributed by atoms with Crippen molar-refractivity contribution in [2.75, 3.05) is 4.72 Å². The fourth-order valence-corrected chi connectivity index (χ4v) is 3.58. The number of para-hydroxylation sites is 1. The molecule has 118 valence electrons. The zero-order valence-corrected chi connectivity index (χ0v) is 12.8. The lowest BCUT2D eigenvalue weighted by Gasteiger charge is -2.11. The molecule has 0 aliphatic carbocycles. The van der Waals surface area contributed by atoms with Gasteiger partial charge in [0.1, 0.15) is 0 Å². The highest BCUT2D eigenvalue weighted by Crippen LogP contribution is 2.27. The van der Waals surface area contributed by atoms with Crippen LogP contribution in [-0.2, 0) is 10.0 Å². The fraction of sp³-hybridized carbons (Fsp3) is 0.0714. The molecule has 0 aliphatic rings. The standard InChI is InChI=1S/C14H12N4O4S/c1-9-5-6-11(18(19)20)7-13(9)23(21,22)17-12-4-2-3-10-8-15-16-14(10)12/h2-8,17H,1H3,(H,15,16). The van der Waals surface area contributed by atoms with Crippen LogP contribution < -0.4 is 4.72 Å². The molecule has 1 aromatic heterocycles. The molecule has 9 heteroatoms. The summed E-state index contributed by atoms with van der Waals surface area (Å²) in [4.78, 5) is 10.1. The molecule has 2 N–H and O–H groups in total. The van der Waals surface area contributed by atoms with E-state index < -0.39 is 14.9 Å². The fourth-order valence-electron chi connectivity index (χ4n) is 2.25. The van der Waals surface area contributed by atoms with Gasteiger partial charge in [0.15, 0.2) is 0 Å². The van der Waals surface area contributed by atoms with Gasteiger partial charge in [-0.2, -0.15) is 5.10 Å². The van der Waals surface area contributed by atoms with Gasteiger partial charge in [-0.25, -0.2) is 8.42 Å². The first-order chi connectivity index (χ1) is 10.9. The maximum atomic E-state index is 12.6. The quantitative estimate of drug-likeness (QED) is 0.562. The molecule has 8 nitrogen and oxygen atoms in total. The van der Waals surface area contributed by atoms with Crippen molar-refractivity contribution in [1.82, 2.24) is 10.2 Å². The number of nitro groups is 1. The third-order valence-corrected chi connectivity index (χ3v) is 4.90. The molecule has 0 saturated carbocycles. The van der Waals surface area contributed by atoms with Crippen LogP contribution in [0, 0.1) is 17.0 Å². The van der Waals surface area contributed by atoms with E-state index in [2.05, 4.69) is 14.9 Å². The van der Waals surface area contributed by atoms with Crippen LogP contribution in [0.1, 0.15) is 5.56 Å². The molecule has 3 rings (SSSR count). The van der Waals surface area contributed by atoms with Gasteiger partial charge in [-0.3, -0.25) is 19.9 Å². The van der Waals surface area contributed by atoms with E-state index in [0.29, 0.717) is 16.8 Å². The summed E-state index contributed by atoms with van der Waals surface area (Å²) in [5.74, 6) is 0. The zero-order valence-electron chi connectivity index (χ0n) is 12.0. The Morgan fingerprint density at radius 1 is 1.26 bits per heavy atom. The van der Waals surface area contributed by atoms with Crippen LogP contribution in [0.5, 0.6) is 0 Å². The van der Waals surface area contributed by atoms with Crippen molar-refractivity contribution in [2.24, 2.45) is 0 Å². The van der Waals surface area contributed by atoms with E-state index >= 15 is 0 Å². The minimum atomic E-state index is -3.97. The number of nitro benzene ring substituents is 1. The largest absolute Gasteiger partial charge is 0.277 e. The highest BCUT2D eigenvalue weighted by Gasteiger charge is 2.21. The average Bonchev–Trinajstić information content (AvgIpc) is 2.96. The van der Waals surface area contributed by atoms with Gasteiger partial charge in [0.25, 0.3) is 15.7 Å². The Kier molecular flexibility index (Phi) is 3.49. The first-order valence-corrected chi connectivity index (χ1v) is 8.07. The third kappa shape index (κ3) is 2.73. The lowest BCUT2D eigenvalue weighted by molar-refractivity contribution is -0.385. The molecule has 0 radical (unpaired) electrons. The molecule has 0 fully saturated rings. The van der Waals surface area contributed by atoms with Crippen LogP contribution in [0.2, 0.25) is 0 Å². The summed E-state index contributed by atoms with van der Waals surface area (Å²) < 4.78 is 27.6. The number of nitrogens with one attached hydrogen (secondary N) is 2. The second-order valence-electron chi connectivity index (χ2n) is 4.95. The van der Waals surface area contributed by atoms with Gasteiger partial charge in [-0.05, 0) is 18.6 Å². The lowest BCUT2D eigenvalue weighted by atomic mass is 10.2. The van der Waals surface area contributed by atoms with Crippen molar-refractivity contribution < 1.29 is 13.3 Å². The Labute approximate surface area is 131 Å². The molecule has 2 aromatic carbocycles. The number of aryl methyl sites for hydroxylation is 1. The van der Waals surface area contributed by atoms with Crippen LogP contribution in [-0.4, -0.2) is 23.5 Å². The monoisotopic (exact) mass is 332 g/mol. The molecule has 0 aliphatic heterocycles. The minimum Gasteiger partial charge on any atom is -0.277 e. The predicted octanol–water partition coefficient (Wildman–Crippen LogP) is 2.58. The van der Waals surface area contributed by atoms with Crippen molar-refractivity contribution in [2.45, 2.75) is 11.8 Å². The number of benzene rings is 2. The van der Waals surface area contributed by atoms with Gasteiger partial charge in [-0.1, -0.05) is 18.2 Å². The smallest absolute Gasteiger partial charge is 0.270 e. The van der Waals surface area contributed by atoms with E-state index in [1.165, 1.54) is 12.1 Å². The summed E-state index contributed by atoms with van der Waals surface area (Å²) in [6, 6.07) is 8.79. The molecule has 0 amide bonds. The second kappa shape index (κ2) is 5.36. The van der Waals surface area contributed by atoms with Crippen molar-refractivity contribution in [3.05, 3.63) is 58.3 Å². The van der Waals surface area contributed by atoms with Gasteiger partial charge < -0.3 is 0 Å². The third-order valence-electron chi connectivity index (χ3n) is 3.39. The van der Waals surface area contributed by atoms with Crippen LogP contribution in [0.25, 0.3) is 10.9 Å². The predicted molar refractivity (Wildman–Crippen MR) is 84.7 cm³/mol. The van der Waals surface area contributed by atoms with Gasteiger partial charge >= 0.3 is 0 Å².